The number of nitrogens with zero attached hydrogens (tertiary/aromatic N) is 1. The molecular formula is C16H21N3O. The Bertz CT molecular complexity index is 595. The molecule has 0 aliphatic carbocycles. The van der Waals surface area contributed by atoms with Crippen LogP contribution in [-0.2, 0) is 4.79 Å². The van der Waals surface area contributed by atoms with Crippen LogP contribution in [0.4, 0.5) is 5.69 Å². The van der Waals surface area contributed by atoms with Gasteiger partial charge in [0, 0.05) is 23.8 Å². The summed E-state index contributed by atoms with van der Waals surface area (Å²) in [6.07, 6.45) is 2.56. The molecule has 1 unspecified atom stereocenters. The monoisotopic (exact) mass is 271 g/mol. The summed E-state index contributed by atoms with van der Waals surface area (Å²) in [7, 11) is 0. The van der Waals surface area contributed by atoms with Gasteiger partial charge in [-0.3, -0.25) is 9.78 Å². The number of hydrogen-bond donors (Lipinski definition) is 2. The summed E-state index contributed by atoms with van der Waals surface area (Å²) >= 11 is 0. The molecular weight excluding hydrogens is 250 g/mol. The Morgan fingerprint density at radius 1 is 1.35 bits per heavy atom. The Hall–Kier alpha value is -1.94. The first-order valence-electron chi connectivity index (χ1n) is 6.96. The first-order chi connectivity index (χ1) is 9.60. The SMILES string of the molecule is CC(C)CC(CN)C(=O)Nc1ccc2ncccc2c1. The molecule has 0 fully saturated rings. The van der Waals surface area contributed by atoms with Gasteiger partial charge in [0.25, 0.3) is 0 Å². The fourth-order valence-corrected chi connectivity index (χ4v) is 2.28. The second kappa shape index (κ2) is 6.48. The minimum Gasteiger partial charge on any atom is -0.330 e. The van der Waals surface area contributed by atoms with Crippen LogP contribution in [0.25, 0.3) is 10.9 Å². The number of rotatable bonds is 5. The fraction of sp³-hybridized carbons (Fsp3) is 0.375. The van der Waals surface area contributed by atoms with Crippen molar-refractivity contribution in [2.75, 3.05) is 11.9 Å². The van der Waals surface area contributed by atoms with Crippen molar-refractivity contribution in [3.8, 4) is 0 Å². The molecule has 1 atom stereocenters. The van der Waals surface area contributed by atoms with E-state index in [-0.39, 0.29) is 11.8 Å². The zero-order valence-electron chi connectivity index (χ0n) is 12.0. The Morgan fingerprint density at radius 3 is 2.85 bits per heavy atom. The summed E-state index contributed by atoms with van der Waals surface area (Å²) < 4.78 is 0. The van der Waals surface area contributed by atoms with Gasteiger partial charge in [0.2, 0.25) is 5.91 Å². The molecule has 0 aliphatic heterocycles. The second-order valence-electron chi connectivity index (χ2n) is 5.46. The first kappa shape index (κ1) is 14.5. The molecule has 0 bridgehead atoms. The average Bonchev–Trinajstić information content (AvgIpc) is 2.44. The van der Waals surface area contributed by atoms with Crippen molar-refractivity contribution >= 4 is 22.5 Å². The minimum absolute atomic E-state index is 0.00978. The highest BCUT2D eigenvalue weighted by atomic mass is 16.1. The molecule has 1 amide bonds. The molecule has 0 saturated carbocycles. The molecule has 0 radical (unpaired) electrons. The van der Waals surface area contributed by atoms with Gasteiger partial charge in [-0.1, -0.05) is 19.9 Å². The van der Waals surface area contributed by atoms with Crippen LogP contribution in [0.3, 0.4) is 0 Å². The molecule has 0 saturated heterocycles. The highest BCUT2D eigenvalue weighted by Crippen LogP contribution is 2.19. The number of amides is 1. The fourth-order valence-electron chi connectivity index (χ4n) is 2.28. The zero-order valence-corrected chi connectivity index (χ0v) is 12.0. The lowest BCUT2D eigenvalue weighted by molar-refractivity contribution is -0.120. The van der Waals surface area contributed by atoms with Crippen molar-refractivity contribution in [3.63, 3.8) is 0 Å². The van der Waals surface area contributed by atoms with E-state index in [1.165, 1.54) is 0 Å². The van der Waals surface area contributed by atoms with E-state index in [0.29, 0.717) is 12.5 Å². The van der Waals surface area contributed by atoms with Crippen LogP contribution in [0.1, 0.15) is 20.3 Å². The smallest absolute Gasteiger partial charge is 0.228 e. The summed E-state index contributed by atoms with van der Waals surface area (Å²) in [6, 6.07) is 9.58. The molecule has 1 aromatic heterocycles. The maximum Gasteiger partial charge on any atom is 0.228 e. The number of hydrogen-bond acceptors (Lipinski definition) is 3. The summed E-state index contributed by atoms with van der Waals surface area (Å²) in [5.41, 5.74) is 7.40. The number of carbonyl (C=O) groups is 1. The van der Waals surface area contributed by atoms with Gasteiger partial charge in [-0.05, 0) is 36.6 Å². The van der Waals surface area contributed by atoms with Gasteiger partial charge in [-0.25, -0.2) is 0 Å². The van der Waals surface area contributed by atoms with Crippen molar-refractivity contribution in [2.45, 2.75) is 20.3 Å². The third-order valence-corrected chi connectivity index (χ3v) is 3.28. The van der Waals surface area contributed by atoms with Crippen LogP contribution >= 0.6 is 0 Å². The zero-order chi connectivity index (χ0) is 14.5. The standard InChI is InChI=1S/C16H21N3O/c1-11(2)8-13(10-17)16(20)19-14-5-6-15-12(9-14)4-3-7-18-15/h3-7,9,11,13H,8,10,17H2,1-2H3,(H,19,20). The minimum atomic E-state index is -0.139. The molecule has 20 heavy (non-hydrogen) atoms. The topological polar surface area (TPSA) is 68.0 Å². The van der Waals surface area contributed by atoms with Crippen LogP contribution in [0.2, 0.25) is 0 Å². The van der Waals surface area contributed by atoms with Gasteiger partial charge >= 0.3 is 0 Å². The van der Waals surface area contributed by atoms with E-state index in [1.54, 1.807) is 6.20 Å². The maximum absolute atomic E-state index is 12.2. The highest BCUT2D eigenvalue weighted by molar-refractivity contribution is 5.95. The van der Waals surface area contributed by atoms with Crippen LogP contribution in [0.15, 0.2) is 36.5 Å². The van der Waals surface area contributed by atoms with Gasteiger partial charge in [0.05, 0.1) is 11.4 Å². The van der Waals surface area contributed by atoms with E-state index in [1.807, 2.05) is 30.3 Å². The number of nitrogens with two attached hydrogens (primary N) is 1. The molecule has 1 heterocycles. The van der Waals surface area contributed by atoms with E-state index in [0.717, 1.165) is 23.0 Å². The highest BCUT2D eigenvalue weighted by Gasteiger charge is 2.18. The molecule has 2 rings (SSSR count). The Morgan fingerprint density at radius 2 is 2.15 bits per heavy atom. The predicted octanol–water partition coefficient (Wildman–Crippen LogP) is 2.79. The molecule has 2 aromatic rings. The number of aromatic nitrogens is 1. The van der Waals surface area contributed by atoms with Gasteiger partial charge in [0.1, 0.15) is 0 Å². The number of pyridine rings is 1. The van der Waals surface area contributed by atoms with E-state index in [9.17, 15) is 4.79 Å². The largest absolute Gasteiger partial charge is 0.330 e. The summed E-state index contributed by atoms with van der Waals surface area (Å²) in [6.45, 7) is 4.56. The lowest BCUT2D eigenvalue weighted by Crippen LogP contribution is -2.30. The predicted molar refractivity (Wildman–Crippen MR) is 82.4 cm³/mol. The van der Waals surface area contributed by atoms with Crippen LogP contribution in [-0.4, -0.2) is 17.4 Å². The van der Waals surface area contributed by atoms with Gasteiger partial charge in [0.15, 0.2) is 0 Å². The van der Waals surface area contributed by atoms with Crippen molar-refractivity contribution in [2.24, 2.45) is 17.6 Å². The Balaban J connectivity index is 2.12. The molecule has 4 nitrogen and oxygen atoms in total. The van der Waals surface area contributed by atoms with Gasteiger partial charge < -0.3 is 11.1 Å². The van der Waals surface area contributed by atoms with Crippen molar-refractivity contribution < 1.29 is 4.79 Å². The summed E-state index contributed by atoms with van der Waals surface area (Å²) in [5, 5.41) is 3.96. The third kappa shape index (κ3) is 3.54. The molecule has 1 aromatic carbocycles. The molecule has 0 spiro atoms. The van der Waals surface area contributed by atoms with Crippen LogP contribution in [0.5, 0.6) is 0 Å². The number of fused-ring (bicyclic) bond motifs is 1. The maximum atomic E-state index is 12.2. The van der Waals surface area contributed by atoms with Crippen LogP contribution < -0.4 is 11.1 Å². The van der Waals surface area contributed by atoms with Gasteiger partial charge in [-0.15, -0.1) is 0 Å². The molecule has 4 heteroatoms. The van der Waals surface area contributed by atoms with Crippen molar-refractivity contribution in [1.29, 1.82) is 0 Å². The lowest BCUT2D eigenvalue weighted by atomic mass is 9.96. The first-order valence-corrected chi connectivity index (χ1v) is 6.96. The average molecular weight is 271 g/mol. The normalized spacial score (nSPS) is 12.6. The Labute approximate surface area is 119 Å². The number of carbonyl (C=O) groups excluding carboxylic acids is 1. The third-order valence-electron chi connectivity index (χ3n) is 3.28. The van der Waals surface area contributed by atoms with Gasteiger partial charge in [-0.2, -0.15) is 0 Å². The van der Waals surface area contributed by atoms with E-state index in [2.05, 4.69) is 24.1 Å². The van der Waals surface area contributed by atoms with E-state index in [4.69, 9.17) is 5.73 Å². The Kier molecular flexibility index (Phi) is 4.69. The van der Waals surface area contributed by atoms with Crippen LogP contribution in [0, 0.1) is 11.8 Å². The number of benzene rings is 1. The molecule has 106 valence electrons. The van der Waals surface area contributed by atoms with Crippen molar-refractivity contribution in [1.82, 2.24) is 4.98 Å². The van der Waals surface area contributed by atoms with Crippen molar-refractivity contribution in [3.05, 3.63) is 36.5 Å². The second-order valence-corrected chi connectivity index (χ2v) is 5.46. The lowest BCUT2D eigenvalue weighted by Gasteiger charge is -2.17. The molecule has 3 N–H and O–H groups in total. The quantitative estimate of drug-likeness (QED) is 0.878. The van der Waals surface area contributed by atoms with E-state index < -0.39 is 0 Å². The number of nitrogens with one attached hydrogen (secondary N) is 1. The summed E-state index contributed by atoms with van der Waals surface area (Å²) in [5.74, 6) is 0.305. The number of anilines is 1. The van der Waals surface area contributed by atoms with E-state index >= 15 is 0 Å². The summed E-state index contributed by atoms with van der Waals surface area (Å²) in [4.78, 5) is 16.5. The molecule has 0 aliphatic rings.